The molecule has 4 rings (SSSR count). The Labute approximate surface area is 200 Å². The second-order valence-corrected chi connectivity index (χ2v) is 8.44. The Morgan fingerprint density at radius 1 is 0.938 bits per heavy atom. The van der Waals surface area contributed by atoms with Gasteiger partial charge in [0.15, 0.2) is 11.5 Å². The molecule has 0 bridgehead atoms. The summed E-state index contributed by atoms with van der Waals surface area (Å²) in [5, 5.41) is 2.65. The molecule has 0 atom stereocenters. The molecule has 0 saturated carbocycles. The molecule has 3 aromatic rings. The lowest BCUT2D eigenvalue weighted by molar-refractivity contribution is -0.123. The molecule has 0 radical (unpaired) electrons. The number of benzene rings is 3. The quantitative estimate of drug-likeness (QED) is 0.261. The summed E-state index contributed by atoms with van der Waals surface area (Å²) in [6.45, 7) is 0.633. The van der Waals surface area contributed by atoms with Gasteiger partial charge in [0, 0.05) is 3.57 Å². The van der Waals surface area contributed by atoms with Gasteiger partial charge in [-0.2, -0.15) is 0 Å². The molecular weight excluding hydrogens is 519 g/mol. The van der Waals surface area contributed by atoms with E-state index in [4.69, 9.17) is 9.47 Å². The fourth-order valence-corrected chi connectivity index (χ4v) is 3.64. The van der Waals surface area contributed by atoms with Crippen LogP contribution in [-0.4, -0.2) is 23.9 Å². The number of hydrogen-bond donors (Lipinski definition) is 1. The van der Waals surface area contributed by atoms with Gasteiger partial charge in [0.05, 0.1) is 13.7 Å². The van der Waals surface area contributed by atoms with Gasteiger partial charge in [-0.05, 0) is 69.6 Å². The summed E-state index contributed by atoms with van der Waals surface area (Å²) in [6, 6.07) is 22.4. The fraction of sp³-hybridized carbons (Fsp3) is 0.120. The van der Waals surface area contributed by atoms with Crippen molar-refractivity contribution < 1.29 is 19.1 Å². The molecule has 6 nitrogen and oxygen atoms in total. The minimum Gasteiger partial charge on any atom is -0.493 e. The highest BCUT2D eigenvalue weighted by atomic mass is 127. The van der Waals surface area contributed by atoms with Gasteiger partial charge in [-0.15, -0.1) is 0 Å². The van der Waals surface area contributed by atoms with Gasteiger partial charge in [0.2, 0.25) is 0 Å². The summed E-state index contributed by atoms with van der Waals surface area (Å²) in [4.78, 5) is 26.3. The second-order valence-electron chi connectivity index (χ2n) is 7.19. The zero-order chi connectivity index (χ0) is 22.5. The van der Waals surface area contributed by atoms with Gasteiger partial charge >= 0.3 is 6.03 Å². The first-order valence-corrected chi connectivity index (χ1v) is 11.0. The van der Waals surface area contributed by atoms with Gasteiger partial charge in [-0.1, -0.05) is 48.5 Å². The number of nitrogens with one attached hydrogen (secondary N) is 1. The average Bonchev–Trinajstić information content (AvgIpc) is 3.07. The maximum Gasteiger partial charge on any atom is 0.329 e. The Hall–Kier alpha value is -3.33. The van der Waals surface area contributed by atoms with E-state index < -0.39 is 6.03 Å². The molecular formula is C25H21IN2O4. The number of hydrogen-bond acceptors (Lipinski definition) is 4. The van der Waals surface area contributed by atoms with Crippen LogP contribution in [0.2, 0.25) is 0 Å². The van der Waals surface area contributed by atoms with Crippen molar-refractivity contribution in [3.05, 3.63) is 98.8 Å². The molecule has 0 aliphatic carbocycles. The minimum atomic E-state index is -0.436. The van der Waals surface area contributed by atoms with E-state index in [9.17, 15) is 9.59 Å². The largest absolute Gasteiger partial charge is 0.493 e. The predicted octanol–water partition coefficient (Wildman–Crippen LogP) is 4.97. The first kappa shape index (κ1) is 21.9. The van der Waals surface area contributed by atoms with Crippen molar-refractivity contribution in [1.82, 2.24) is 10.2 Å². The fourth-order valence-electron chi connectivity index (χ4n) is 3.28. The molecule has 3 aromatic carbocycles. The number of rotatable bonds is 7. The zero-order valence-electron chi connectivity index (χ0n) is 17.4. The third-order valence-corrected chi connectivity index (χ3v) is 5.67. The predicted molar refractivity (Wildman–Crippen MR) is 130 cm³/mol. The third-order valence-electron chi connectivity index (χ3n) is 4.95. The van der Waals surface area contributed by atoms with Crippen LogP contribution in [0.15, 0.2) is 78.5 Å². The van der Waals surface area contributed by atoms with Crippen LogP contribution in [0.3, 0.4) is 0 Å². The Kier molecular flexibility index (Phi) is 6.75. The molecule has 0 spiro atoms. The summed E-state index contributed by atoms with van der Waals surface area (Å²) in [6.07, 6.45) is 1.64. The van der Waals surface area contributed by atoms with Crippen molar-refractivity contribution in [3.63, 3.8) is 0 Å². The van der Waals surface area contributed by atoms with E-state index in [2.05, 4.69) is 27.9 Å². The number of amides is 3. The van der Waals surface area contributed by atoms with Crippen LogP contribution in [0.4, 0.5) is 4.79 Å². The smallest absolute Gasteiger partial charge is 0.329 e. The summed E-state index contributed by atoms with van der Waals surface area (Å²) in [7, 11) is 1.56. The summed E-state index contributed by atoms with van der Waals surface area (Å²) >= 11 is 2.26. The molecule has 1 N–H and O–H groups in total. The highest BCUT2D eigenvalue weighted by molar-refractivity contribution is 14.1. The number of ether oxygens (including phenoxy) is 2. The van der Waals surface area contributed by atoms with Crippen molar-refractivity contribution in [2.45, 2.75) is 13.2 Å². The molecule has 0 aromatic heterocycles. The summed E-state index contributed by atoms with van der Waals surface area (Å²) < 4.78 is 12.5. The number of carbonyl (C=O) groups excluding carboxylic acids is 2. The normalized spacial score (nSPS) is 14.6. The lowest BCUT2D eigenvalue weighted by Gasteiger charge is -2.12. The zero-order valence-corrected chi connectivity index (χ0v) is 19.5. The third kappa shape index (κ3) is 5.11. The number of urea groups is 1. The number of carbonyl (C=O) groups is 2. The molecule has 3 amide bonds. The van der Waals surface area contributed by atoms with Crippen molar-refractivity contribution in [2.24, 2.45) is 0 Å². The van der Waals surface area contributed by atoms with Gasteiger partial charge in [0.1, 0.15) is 12.3 Å². The van der Waals surface area contributed by atoms with Crippen LogP contribution in [-0.2, 0) is 17.9 Å². The molecule has 1 heterocycles. The standard InChI is InChI=1S/C25H21IN2O4/c1-31-23-14-19(9-12-22(23)32-16-18-7-10-20(26)11-8-18)13-21-24(29)28(25(30)27-21)15-17-5-3-2-4-6-17/h2-14H,15-16H2,1H3,(H,27,30)/b21-13-. The molecule has 1 fully saturated rings. The first-order valence-electron chi connectivity index (χ1n) is 9.97. The first-order chi connectivity index (χ1) is 15.5. The highest BCUT2D eigenvalue weighted by Gasteiger charge is 2.33. The van der Waals surface area contributed by atoms with E-state index in [1.165, 1.54) is 4.90 Å². The van der Waals surface area contributed by atoms with Crippen molar-refractivity contribution in [3.8, 4) is 11.5 Å². The van der Waals surface area contributed by atoms with E-state index in [-0.39, 0.29) is 18.1 Å². The van der Waals surface area contributed by atoms with Crippen LogP contribution in [0.1, 0.15) is 16.7 Å². The monoisotopic (exact) mass is 540 g/mol. The Morgan fingerprint density at radius 3 is 2.41 bits per heavy atom. The van der Waals surface area contributed by atoms with Gasteiger partial charge < -0.3 is 14.8 Å². The summed E-state index contributed by atoms with van der Waals surface area (Å²) in [5.41, 5.74) is 2.87. The Bertz CT molecular complexity index is 1160. The van der Waals surface area contributed by atoms with Gasteiger partial charge in [0.25, 0.3) is 5.91 Å². The van der Waals surface area contributed by atoms with Crippen molar-refractivity contribution >= 4 is 40.6 Å². The van der Waals surface area contributed by atoms with E-state index >= 15 is 0 Å². The molecule has 162 valence electrons. The number of nitrogens with zero attached hydrogens (tertiary/aromatic N) is 1. The molecule has 1 aliphatic rings. The molecule has 7 heteroatoms. The molecule has 1 aliphatic heterocycles. The van der Waals surface area contributed by atoms with Gasteiger partial charge in [-0.25, -0.2) is 4.79 Å². The van der Waals surface area contributed by atoms with Crippen LogP contribution in [0, 0.1) is 3.57 Å². The van der Waals surface area contributed by atoms with Crippen molar-refractivity contribution in [2.75, 3.05) is 7.11 Å². The van der Waals surface area contributed by atoms with Crippen molar-refractivity contribution in [1.29, 1.82) is 0 Å². The van der Waals surface area contributed by atoms with Gasteiger partial charge in [-0.3, -0.25) is 9.69 Å². The van der Waals surface area contributed by atoms with Crippen LogP contribution in [0.5, 0.6) is 11.5 Å². The number of imide groups is 1. The second kappa shape index (κ2) is 9.86. The Balaban J connectivity index is 1.48. The number of methoxy groups -OCH3 is 1. The van der Waals surface area contributed by atoms with Crippen LogP contribution < -0.4 is 14.8 Å². The maximum absolute atomic E-state index is 12.7. The van der Waals surface area contributed by atoms with E-state index in [1.807, 2.05) is 60.7 Å². The van der Waals surface area contributed by atoms with E-state index in [1.54, 1.807) is 25.3 Å². The van der Waals surface area contributed by atoms with Crippen LogP contribution >= 0.6 is 22.6 Å². The lowest BCUT2D eigenvalue weighted by Crippen LogP contribution is -2.30. The molecule has 1 saturated heterocycles. The van der Waals surface area contributed by atoms with E-state index in [0.717, 1.165) is 14.7 Å². The average molecular weight is 540 g/mol. The SMILES string of the molecule is COc1cc(/C=C2\NC(=O)N(Cc3ccccc3)C2=O)ccc1OCc1ccc(I)cc1. The highest BCUT2D eigenvalue weighted by Crippen LogP contribution is 2.30. The summed E-state index contributed by atoms with van der Waals surface area (Å²) in [5.74, 6) is 0.778. The topological polar surface area (TPSA) is 67.9 Å². The molecule has 32 heavy (non-hydrogen) atoms. The van der Waals surface area contributed by atoms with Crippen LogP contribution in [0.25, 0.3) is 6.08 Å². The molecule has 0 unspecified atom stereocenters. The lowest BCUT2D eigenvalue weighted by atomic mass is 10.1. The maximum atomic E-state index is 12.7. The number of halogens is 1. The Morgan fingerprint density at radius 2 is 1.69 bits per heavy atom. The van der Waals surface area contributed by atoms with E-state index in [0.29, 0.717) is 23.7 Å². The minimum absolute atomic E-state index is 0.220.